The van der Waals surface area contributed by atoms with E-state index in [2.05, 4.69) is 5.32 Å². The molecule has 0 aliphatic carbocycles. The lowest BCUT2D eigenvalue weighted by Crippen LogP contribution is -2.49. The van der Waals surface area contributed by atoms with Crippen LogP contribution in [0.3, 0.4) is 0 Å². The first-order chi connectivity index (χ1) is 12.6. The number of rotatable bonds is 7. The van der Waals surface area contributed by atoms with Crippen molar-refractivity contribution in [2.45, 2.75) is 57.5 Å². The summed E-state index contributed by atoms with van der Waals surface area (Å²) in [6.45, 7) is 4.88. The number of carbonyl (C=O) groups is 2. The quantitative estimate of drug-likeness (QED) is 0.491. The van der Waals surface area contributed by atoms with E-state index in [1.54, 1.807) is 13.8 Å². The third-order valence-electron chi connectivity index (χ3n) is 4.13. The molecule has 27 heavy (non-hydrogen) atoms. The second-order valence-corrected chi connectivity index (χ2v) is 7.15. The molecule has 1 unspecified atom stereocenters. The number of hydrogen-bond donors (Lipinski definition) is 3. The van der Waals surface area contributed by atoms with Crippen molar-refractivity contribution in [2.24, 2.45) is 0 Å². The predicted molar refractivity (Wildman–Crippen MR) is 96.0 cm³/mol. The molecule has 1 aromatic carbocycles. The molecule has 3 atom stereocenters. The molecule has 0 saturated carbocycles. The van der Waals surface area contributed by atoms with Gasteiger partial charge in [-0.3, -0.25) is 4.79 Å². The molecule has 7 nitrogen and oxygen atoms in total. The van der Waals surface area contributed by atoms with Gasteiger partial charge in [-0.2, -0.15) is 0 Å². The van der Waals surface area contributed by atoms with Crippen molar-refractivity contribution in [3.05, 3.63) is 35.6 Å². The zero-order valence-electron chi connectivity index (χ0n) is 15.6. The van der Waals surface area contributed by atoms with Gasteiger partial charge in [0.05, 0.1) is 18.8 Å². The highest BCUT2D eigenvalue weighted by atomic mass is 19.1. The molecule has 1 saturated heterocycles. The number of amides is 1. The van der Waals surface area contributed by atoms with Crippen molar-refractivity contribution in [1.29, 1.82) is 5.41 Å². The molecule has 1 amide bonds. The minimum atomic E-state index is -1.86. The summed E-state index contributed by atoms with van der Waals surface area (Å²) in [7, 11) is 0. The van der Waals surface area contributed by atoms with Crippen LogP contribution in [-0.4, -0.2) is 53.2 Å². The van der Waals surface area contributed by atoms with E-state index < -0.39 is 35.4 Å². The smallest absolute Gasteiger partial charge is 0.335 e. The highest BCUT2D eigenvalue weighted by Crippen LogP contribution is 2.19. The number of aliphatic hydroxyl groups is 1. The van der Waals surface area contributed by atoms with E-state index >= 15 is 0 Å². The number of esters is 1. The lowest BCUT2D eigenvalue weighted by atomic mass is 9.93. The van der Waals surface area contributed by atoms with Crippen LogP contribution in [0.5, 0.6) is 0 Å². The van der Waals surface area contributed by atoms with Gasteiger partial charge in [0.15, 0.2) is 6.10 Å². The number of nitrogens with one attached hydrogen (secondary N) is 2. The van der Waals surface area contributed by atoms with Crippen LogP contribution in [-0.2, 0) is 19.1 Å². The fraction of sp³-hybridized carbons (Fsp3) is 0.526. The normalized spacial score (nSPS) is 21.6. The van der Waals surface area contributed by atoms with Crippen molar-refractivity contribution in [2.75, 3.05) is 6.61 Å². The van der Waals surface area contributed by atoms with Crippen LogP contribution in [0.25, 0.3) is 0 Å². The molecule has 0 aromatic heterocycles. The molecule has 1 fully saturated rings. The van der Waals surface area contributed by atoms with Gasteiger partial charge in [-0.25, -0.2) is 9.18 Å². The van der Waals surface area contributed by atoms with Crippen LogP contribution in [0, 0.1) is 11.2 Å². The Hall–Kier alpha value is -2.32. The van der Waals surface area contributed by atoms with Gasteiger partial charge >= 0.3 is 5.97 Å². The average Bonchev–Trinajstić information content (AvgIpc) is 3.02. The maximum absolute atomic E-state index is 13.3. The number of carbonyl (C=O) groups excluding carboxylic acids is 2. The van der Waals surface area contributed by atoms with E-state index in [1.807, 2.05) is 0 Å². The third-order valence-corrected chi connectivity index (χ3v) is 4.13. The molecule has 0 bridgehead atoms. The Labute approximate surface area is 157 Å². The molecule has 1 aromatic rings. The van der Waals surface area contributed by atoms with Gasteiger partial charge < -0.3 is 25.3 Å². The zero-order chi connectivity index (χ0) is 20.2. The summed E-state index contributed by atoms with van der Waals surface area (Å²) in [4.78, 5) is 24.3. The number of benzene rings is 1. The maximum Gasteiger partial charge on any atom is 0.335 e. The van der Waals surface area contributed by atoms with E-state index in [1.165, 1.54) is 31.2 Å². The Morgan fingerprint density at radius 2 is 2.19 bits per heavy atom. The molecule has 1 aliphatic rings. The van der Waals surface area contributed by atoms with Gasteiger partial charge in [-0.05, 0) is 38.5 Å². The highest BCUT2D eigenvalue weighted by Gasteiger charge is 2.38. The topological polar surface area (TPSA) is 109 Å². The van der Waals surface area contributed by atoms with Crippen LogP contribution >= 0.6 is 0 Å². The molecule has 0 spiro atoms. The summed E-state index contributed by atoms with van der Waals surface area (Å²) in [6, 6.07) is 4.97. The average molecular weight is 380 g/mol. The summed E-state index contributed by atoms with van der Waals surface area (Å²) >= 11 is 0. The Balaban J connectivity index is 1.91. The summed E-state index contributed by atoms with van der Waals surface area (Å²) in [5.41, 5.74) is -1.63. The van der Waals surface area contributed by atoms with Crippen LogP contribution in [0.15, 0.2) is 24.3 Å². The van der Waals surface area contributed by atoms with Crippen molar-refractivity contribution in [3.8, 4) is 0 Å². The number of ether oxygens (including phenoxy) is 2. The van der Waals surface area contributed by atoms with Gasteiger partial charge in [0.1, 0.15) is 11.4 Å². The van der Waals surface area contributed by atoms with Crippen LogP contribution in [0.1, 0.15) is 39.2 Å². The van der Waals surface area contributed by atoms with Crippen molar-refractivity contribution < 1.29 is 28.6 Å². The lowest BCUT2D eigenvalue weighted by Gasteiger charge is -2.24. The summed E-state index contributed by atoms with van der Waals surface area (Å²) in [5.74, 6) is -1.67. The highest BCUT2D eigenvalue weighted by molar-refractivity contribution is 6.02. The first-order valence-corrected chi connectivity index (χ1v) is 8.77. The molecule has 0 radical (unpaired) electrons. The van der Waals surface area contributed by atoms with E-state index in [9.17, 15) is 19.1 Å². The zero-order valence-corrected chi connectivity index (χ0v) is 15.6. The molecular weight excluding hydrogens is 355 g/mol. The van der Waals surface area contributed by atoms with Crippen LogP contribution < -0.4 is 5.32 Å². The summed E-state index contributed by atoms with van der Waals surface area (Å²) in [6.07, 6.45) is -1.05. The van der Waals surface area contributed by atoms with E-state index in [4.69, 9.17) is 14.9 Å². The standard InChI is InChI=1S/C19H25FN2O5/c1-11(2)27-17(23)16-8-14(10-26-16)22-18(24)19(3,25)9-15(21)12-5-4-6-13(20)7-12/h4-7,11,14,16,21,25H,8-10H2,1-3H3,(H,22,24)/t14-,16-,19?/m1/s1. The van der Waals surface area contributed by atoms with Crippen molar-refractivity contribution in [3.63, 3.8) is 0 Å². The van der Waals surface area contributed by atoms with Gasteiger partial charge in [-0.15, -0.1) is 0 Å². The molecule has 148 valence electrons. The van der Waals surface area contributed by atoms with Crippen LogP contribution in [0.2, 0.25) is 0 Å². The minimum absolute atomic E-state index is 0.0595. The maximum atomic E-state index is 13.3. The molecule has 3 N–H and O–H groups in total. The summed E-state index contributed by atoms with van der Waals surface area (Å²) < 4.78 is 23.7. The Bertz CT molecular complexity index is 720. The van der Waals surface area contributed by atoms with Gasteiger partial charge in [0.2, 0.25) is 0 Å². The van der Waals surface area contributed by atoms with E-state index in [-0.39, 0.29) is 31.3 Å². The fourth-order valence-corrected chi connectivity index (χ4v) is 2.74. The third kappa shape index (κ3) is 5.83. The van der Waals surface area contributed by atoms with E-state index in [0.717, 1.165) is 0 Å². The molecule has 2 rings (SSSR count). The lowest BCUT2D eigenvalue weighted by molar-refractivity contribution is -0.158. The van der Waals surface area contributed by atoms with Crippen molar-refractivity contribution >= 4 is 17.6 Å². The first kappa shape index (κ1) is 21.0. The fourth-order valence-electron chi connectivity index (χ4n) is 2.74. The molecular formula is C19H25FN2O5. The molecule has 8 heteroatoms. The Morgan fingerprint density at radius 1 is 1.48 bits per heavy atom. The van der Waals surface area contributed by atoms with Gasteiger partial charge in [0.25, 0.3) is 5.91 Å². The predicted octanol–water partition coefficient (Wildman–Crippen LogP) is 1.56. The van der Waals surface area contributed by atoms with E-state index in [0.29, 0.717) is 5.56 Å². The van der Waals surface area contributed by atoms with Crippen LogP contribution in [0.4, 0.5) is 4.39 Å². The number of halogens is 1. The SMILES string of the molecule is CC(C)OC(=O)[C@H]1C[C@@H](NC(=O)C(C)(O)CC(=N)c2cccc(F)c2)CO1. The largest absolute Gasteiger partial charge is 0.461 e. The van der Waals surface area contributed by atoms with Gasteiger partial charge in [0, 0.05) is 18.6 Å². The number of hydrogen-bond acceptors (Lipinski definition) is 6. The second kappa shape index (κ2) is 8.58. The summed E-state index contributed by atoms with van der Waals surface area (Å²) in [5, 5.41) is 21.1. The monoisotopic (exact) mass is 380 g/mol. The Kier molecular flexibility index (Phi) is 6.67. The second-order valence-electron chi connectivity index (χ2n) is 7.15. The Morgan fingerprint density at radius 3 is 2.81 bits per heavy atom. The van der Waals surface area contributed by atoms with Gasteiger partial charge in [-0.1, -0.05) is 12.1 Å². The minimum Gasteiger partial charge on any atom is -0.461 e. The van der Waals surface area contributed by atoms with Crippen molar-refractivity contribution in [1.82, 2.24) is 5.32 Å². The molecule has 1 heterocycles. The molecule has 1 aliphatic heterocycles. The first-order valence-electron chi connectivity index (χ1n) is 8.77.